The first-order valence-corrected chi connectivity index (χ1v) is 5.59. The fraction of sp³-hybridized carbons (Fsp3) is 0.417. The van der Waals surface area contributed by atoms with Gasteiger partial charge in [-0.1, -0.05) is 12.1 Å². The molecule has 1 aliphatic heterocycles. The zero-order valence-corrected chi connectivity index (χ0v) is 8.94. The molecule has 1 fully saturated rings. The number of nitrogens with zero attached hydrogens (tertiary/aromatic N) is 2. The van der Waals surface area contributed by atoms with Gasteiger partial charge in [-0.25, -0.2) is 4.39 Å². The Hall–Kier alpha value is -1.58. The van der Waals surface area contributed by atoms with Gasteiger partial charge in [-0.15, -0.1) is 0 Å². The van der Waals surface area contributed by atoms with Gasteiger partial charge in [0.25, 0.3) is 0 Å². The Morgan fingerprint density at radius 3 is 2.88 bits per heavy atom. The highest BCUT2D eigenvalue weighted by Crippen LogP contribution is 2.36. The summed E-state index contributed by atoms with van der Waals surface area (Å²) in [6.45, 7) is 0.645. The van der Waals surface area contributed by atoms with Crippen molar-refractivity contribution in [2.45, 2.75) is 24.9 Å². The van der Waals surface area contributed by atoms with Gasteiger partial charge in [0.2, 0.25) is 0 Å². The Kier molecular flexibility index (Phi) is 2.09. The molecule has 0 spiro atoms. The zero-order valence-electron chi connectivity index (χ0n) is 8.94. The van der Waals surface area contributed by atoms with Gasteiger partial charge in [-0.3, -0.25) is 4.99 Å². The lowest BCUT2D eigenvalue weighted by Crippen LogP contribution is -2.37. The van der Waals surface area contributed by atoms with Gasteiger partial charge in [0.15, 0.2) is 5.96 Å². The molecular weight excluding hydrogens is 205 g/mol. The maximum Gasteiger partial charge on any atom is 0.192 e. The number of halogens is 1. The van der Waals surface area contributed by atoms with Crippen molar-refractivity contribution in [2.24, 2.45) is 10.7 Å². The number of nitrogens with two attached hydrogens (primary N) is 1. The van der Waals surface area contributed by atoms with Crippen LogP contribution >= 0.6 is 0 Å². The monoisotopic (exact) mass is 219 g/mol. The summed E-state index contributed by atoms with van der Waals surface area (Å²) in [5, 5.41) is 0. The van der Waals surface area contributed by atoms with E-state index in [9.17, 15) is 4.39 Å². The molecule has 1 aromatic carbocycles. The summed E-state index contributed by atoms with van der Waals surface area (Å²) in [6, 6.07) is 7.36. The lowest BCUT2D eigenvalue weighted by molar-refractivity contribution is 0.337. The highest BCUT2D eigenvalue weighted by Gasteiger charge is 2.38. The molecule has 4 heteroatoms. The largest absolute Gasteiger partial charge is 0.370 e. The van der Waals surface area contributed by atoms with E-state index in [-0.39, 0.29) is 11.9 Å². The normalized spacial score (nSPS) is 24.7. The number of aliphatic imine (C=N–C) groups is 1. The summed E-state index contributed by atoms with van der Waals surface area (Å²) < 4.78 is 13.2. The van der Waals surface area contributed by atoms with Crippen LogP contribution in [0.15, 0.2) is 29.3 Å². The molecule has 0 radical (unpaired) electrons. The lowest BCUT2D eigenvalue weighted by Gasteiger charge is -2.26. The quantitative estimate of drug-likeness (QED) is 0.822. The number of guanidine groups is 1. The second kappa shape index (κ2) is 3.47. The second-order valence-electron chi connectivity index (χ2n) is 4.41. The van der Waals surface area contributed by atoms with Crippen LogP contribution in [0.1, 0.15) is 24.4 Å². The summed E-state index contributed by atoms with van der Waals surface area (Å²) in [5.74, 6) is 0.412. The maximum absolute atomic E-state index is 13.2. The summed E-state index contributed by atoms with van der Waals surface area (Å²) in [7, 11) is 0. The Labute approximate surface area is 93.8 Å². The summed E-state index contributed by atoms with van der Waals surface area (Å²) in [4.78, 5) is 6.40. The molecule has 1 saturated carbocycles. The fourth-order valence-electron chi connectivity index (χ4n) is 2.28. The van der Waals surface area contributed by atoms with E-state index in [1.807, 2.05) is 6.07 Å². The van der Waals surface area contributed by atoms with Gasteiger partial charge in [-0.05, 0) is 30.5 Å². The van der Waals surface area contributed by atoms with Crippen LogP contribution in [0.4, 0.5) is 4.39 Å². The standard InChI is InChI=1S/C12H14FN3/c13-9-3-1-2-8(6-9)11-7-15-12(14)16(11)10-4-5-10/h1-3,6,10-11H,4-5,7H2,(H2,14,15). The molecule has 1 aromatic rings. The van der Waals surface area contributed by atoms with Gasteiger partial charge in [0, 0.05) is 6.04 Å². The predicted octanol–water partition coefficient (Wildman–Crippen LogP) is 1.66. The third-order valence-corrected chi connectivity index (χ3v) is 3.20. The second-order valence-corrected chi connectivity index (χ2v) is 4.41. The molecule has 3 nitrogen and oxygen atoms in total. The Morgan fingerprint density at radius 1 is 1.38 bits per heavy atom. The smallest absolute Gasteiger partial charge is 0.192 e. The molecule has 0 bridgehead atoms. The molecule has 1 atom stereocenters. The first kappa shape index (κ1) is 9.63. The molecule has 84 valence electrons. The average Bonchev–Trinajstić information content (AvgIpc) is 3.02. The van der Waals surface area contributed by atoms with E-state index < -0.39 is 0 Å². The molecule has 2 aliphatic rings. The molecule has 1 aliphatic carbocycles. The Balaban J connectivity index is 1.90. The maximum atomic E-state index is 13.2. The van der Waals surface area contributed by atoms with E-state index in [4.69, 9.17) is 5.73 Å². The van der Waals surface area contributed by atoms with E-state index in [1.165, 1.54) is 18.9 Å². The minimum Gasteiger partial charge on any atom is -0.370 e. The third kappa shape index (κ3) is 1.54. The minimum atomic E-state index is -0.196. The molecule has 1 unspecified atom stereocenters. The number of rotatable bonds is 2. The SMILES string of the molecule is NC1=NCC(c2cccc(F)c2)N1C1CC1. The van der Waals surface area contributed by atoms with Crippen molar-refractivity contribution in [1.29, 1.82) is 0 Å². The van der Waals surface area contributed by atoms with Crippen LogP contribution < -0.4 is 5.73 Å². The molecule has 0 amide bonds. The van der Waals surface area contributed by atoms with E-state index in [0.29, 0.717) is 18.5 Å². The lowest BCUT2D eigenvalue weighted by atomic mass is 10.1. The van der Waals surface area contributed by atoms with Crippen molar-refractivity contribution in [3.8, 4) is 0 Å². The van der Waals surface area contributed by atoms with Gasteiger partial charge >= 0.3 is 0 Å². The molecule has 0 saturated heterocycles. The summed E-state index contributed by atoms with van der Waals surface area (Å²) in [6.07, 6.45) is 2.34. The number of hydrogen-bond donors (Lipinski definition) is 1. The molecule has 0 aromatic heterocycles. The topological polar surface area (TPSA) is 41.6 Å². The molecule has 3 rings (SSSR count). The van der Waals surface area contributed by atoms with Crippen LogP contribution in [0.5, 0.6) is 0 Å². The van der Waals surface area contributed by atoms with E-state index in [0.717, 1.165) is 5.56 Å². The van der Waals surface area contributed by atoms with Crippen molar-refractivity contribution >= 4 is 5.96 Å². The zero-order chi connectivity index (χ0) is 11.1. The average molecular weight is 219 g/mol. The Bertz CT molecular complexity index is 440. The van der Waals surface area contributed by atoms with E-state index in [2.05, 4.69) is 9.89 Å². The summed E-state index contributed by atoms with van der Waals surface area (Å²) in [5.41, 5.74) is 6.84. The van der Waals surface area contributed by atoms with E-state index >= 15 is 0 Å². The first-order valence-electron chi connectivity index (χ1n) is 5.59. The first-order chi connectivity index (χ1) is 7.75. The molecule has 2 N–H and O–H groups in total. The predicted molar refractivity (Wildman–Crippen MR) is 60.5 cm³/mol. The summed E-state index contributed by atoms with van der Waals surface area (Å²) >= 11 is 0. The van der Waals surface area contributed by atoms with Crippen LogP contribution in [0, 0.1) is 5.82 Å². The fourth-order valence-corrected chi connectivity index (χ4v) is 2.28. The van der Waals surface area contributed by atoms with Crippen LogP contribution in [0.2, 0.25) is 0 Å². The van der Waals surface area contributed by atoms with Crippen molar-refractivity contribution in [2.75, 3.05) is 6.54 Å². The van der Waals surface area contributed by atoms with Crippen LogP contribution in [-0.4, -0.2) is 23.4 Å². The van der Waals surface area contributed by atoms with Gasteiger partial charge in [0.1, 0.15) is 5.82 Å². The van der Waals surface area contributed by atoms with Crippen LogP contribution in [0.3, 0.4) is 0 Å². The highest BCUT2D eigenvalue weighted by atomic mass is 19.1. The molecule has 16 heavy (non-hydrogen) atoms. The van der Waals surface area contributed by atoms with Gasteiger partial charge in [0.05, 0.1) is 12.6 Å². The van der Waals surface area contributed by atoms with Gasteiger partial charge in [-0.2, -0.15) is 0 Å². The third-order valence-electron chi connectivity index (χ3n) is 3.20. The van der Waals surface area contributed by atoms with Gasteiger partial charge < -0.3 is 10.6 Å². The van der Waals surface area contributed by atoms with Crippen molar-refractivity contribution in [1.82, 2.24) is 4.90 Å². The van der Waals surface area contributed by atoms with Crippen LogP contribution in [0.25, 0.3) is 0 Å². The number of benzene rings is 1. The van der Waals surface area contributed by atoms with Crippen LogP contribution in [-0.2, 0) is 0 Å². The molecule has 1 heterocycles. The minimum absolute atomic E-state index is 0.128. The van der Waals surface area contributed by atoms with Crippen molar-refractivity contribution in [3.05, 3.63) is 35.6 Å². The number of hydrogen-bond acceptors (Lipinski definition) is 3. The highest BCUT2D eigenvalue weighted by molar-refractivity contribution is 5.81. The van der Waals surface area contributed by atoms with E-state index in [1.54, 1.807) is 12.1 Å². The Morgan fingerprint density at radius 2 is 2.19 bits per heavy atom. The van der Waals surface area contributed by atoms with Crippen molar-refractivity contribution in [3.63, 3.8) is 0 Å². The molecular formula is C12H14FN3. The van der Waals surface area contributed by atoms with Crippen molar-refractivity contribution < 1.29 is 4.39 Å².